The second-order valence-electron chi connectivity index (χ2n) is 6.85. The van der Waals surface area contributed by atoms with Gasteiger partial charge in [0.25, 0.3) is 10.0 Å². The zero-order valence-electron chi connectivity index (χ0n) is 17.5. The fourth-order valence-corrected chi connectivity index (χ4v) is 5.01. The molecule has 0 aliphatic carbocycles. The molecule has 164 valence electrons. The molecule has 0 amide bonds. The average Bonchev–Trinajstić information content (AvgIpc) is 3.20. The van der Waals surface area contributed by atoms with Gasteiger partial charge in [-0.05, 0) is 48.7 Å². The highest BCUT2D eigenvalue weighted by Crippen LogP contribution is 2.40. The lowest BCUT2D eigenvalue weighted by molar-refractivity contribution is -0.142. The van der Waals surface area contributed by atoms with Crippen LogP contribution in [-0.4, -0.2) is 47.5 Å². The van der Waals surface area contributed by atoms with Crippen molar-refractivity contribution in [2.75, 3.05) is 31.7 Å². The minimum absolute atomic E-state index is 0.0724. The van der Waals surface area contributed by atoms with Crippen LogP contribution in [-0.2, 0) is 30.8 Å². The number of hydrogen-bond acceptors (Lipinski definition) is 7. The van der Waals surface area contributed by atoms with Gasteiger partial charge >= 0.3 is 5.97 Å². The van der Waals surface area contributed by atoms with Crippen molar-refractivity contribution in [1.82, 2.24) is 0 Å². The summed E-state index contributed by atoms with van der Waals surface area (Å²) in [7, 11) is -1.21. The molecule has 31 heavy (non-hydrogen) atoms. The maximum absolute atomic E-state index is 13.6. The number of anilines is 1. The van der Waals surface area contributed by atoms with Crippen LogP contribution in [0.2, 0.25) is 0 Å². The minimum atomic E-state index is -3.98. The molecule has 8 nitrogen and oxygen atoms in total. The van der Waals surface area contributed by atoms with Gasteiger partial charge in [0.1, 0.15) is 11.5 Å². The Kier molecular flexibility index (Phi) is 6.65. The average molecular weight is 445 g/mol. The number of carbonyl (C=O) groups excluding carboxylic acids is 2. The lowest BCUT2D eigenvalue weighted by Gasteiger charge is -2.22. The number of carbonyl (C=O) groups is 2. The molecule has 0 aromatic heterocycles. The van der Waals surface area contributed by atoms with Gasteiger partial charge in [0, 0.05) is 12.6 Å². The van der Waals surface area contributed by atoms with Crippen LogP contribution in [0.25, 0.3) is 6.08 Å². The van der Waals surface area contributed by atoms with Gasteiger partial charge in [-0.1, -0.05) is 18.2 Å². The van der Waals surface area contributed by atoms with E-state index in [1.165, 1.54) is 37.6 Å². The van der Waals surface area contributed by atoms with Gasteiger partial charge in [0.05, 0.1) is 19.9 Å². The zero-order valence-corrected chi connectivity index (χ0v) is 18.3. The smallest absolute Gasteiger partial charge is 0.331 e. The number of sulfonamides is 1. The Bertz CT molecular complexity index is 1140. The Balaban J connectivity index is 2.02. The van der Waals surface area contributed by atoms with Gasteiger partial charge in [-0.2, -0.15) is 0 Å². The Hall–Kier alpha value is -3.33. The first-order valence-corrected chi connectivity index (χ1v) is 10.9. The summed E-state index contributed by atoms with van der Waals surface area (Å²) in [5, 5.41) is 0. The molecule has 3 rings (SSSR count). The molecule has 9 heteroatoms. The van der Waals surface area contributed by atoms with E-state index in [0.717, 1.165) is 11.6 Å². The first-order chi connectivity index (χ1) is 14.8. The largest absolute Gasteiger partial charge is 0.493 e. The van der Waals surface area contributed by atoms with Crippen LogP contribution >= 0.6 is 0 Å². The normalized spacial score (nSPS) is 13.2. The fourth-order valence-electron chi connectivity index (χ4n) is 3.30. The van der Waals surface area contributed by atoms with Crippen molar-refractivity contribution in [1.29, 1.82) is 0 Å². The lowest BCUT2D eigenvalue weighted by atomic mass is 10.2. The number of nitrogens with zero attached hydrogens (tertiary/aromatic N) is 1. The van der Waals surface area contributed by atoms with Gasteiger partial charge in [-0.15, -0.1) is 0 Å². The van der Waals surface area contributed by atoms with Crippen LogP contribution in [0.5, 0.6) is 11.5 Å². The number of fused-ring (bicyclic) bond motifs is 1. The number of methoxy groups -OCH3 is 2. The molecule has 2 aromatic rings. The second kappa shape index (κ2) is 9.22. The number of esters is 1. The van der Waals surface area contributed by atoms with E-state index in [0.29, 0.717) is 24.2 Å². The van der Waals surface area contributed by atoms with Crippen molar-refractivity contribution >= 4 is 33.5 Å². The number of ether oxygens (including phenoxy) is 3. The summed E-state index contributed by atoms with van der Waals surface area (Å²) < 4.78 is 43.9. The van der Waals surface area contributed by atoms with Crippen LogP contribution < -0.4 is 13.8 Å². The molecule has 0 unspecified atom stereocenters. The van der Waals surface area contributed by atoms with Crippen molar-refractivity contribution in [3.05, 3.63) is 53.6 Å². The molecule has 0 saturated carbocycles. The van der Waals surface area contributed by atoms with Crippen molar-refractivity contribution in [2.24, 2.45) is 0 Å². The Morgan fingerprint density at radius 3 is 2.55 bits per heavy atom. The molecule has 0 fully saturated rings. The Morgan fingerprint density at radius 2 is 1.87 bits per heavy atom. The maximum atomic E-state index is 13.6. The predicted molar refractivity (Wildman–Crippen MR) is 115 cm³/mol. The lowest BCUT2D eigenvalue weighted by Crippen LogP contribution is -2.29. The van der Waals surface area contributed by atoms with Gasteiger partial charge in [-0.25, -0.2) is 13.2 Å². The van der Waals surface area contributed by atoms with E-state index in [1.807, 2.05) is 12.1 Å². The summed E-state index contributed by atoms with van der Waals surface area (Å²) in [4.78, 5) is 22.6. The summed E-state index contributed by atoms with van der Waals surface area (Å²) in [6, 6.07) is 10.3. The highest BCUT2D eigenvalue weighted by atomic mass is 32.2. The zero-order chi connectivity index (χ0) is 22.6. The third kappa shape index (κ3) is 4.72. The molecule has 0 atom stereocenters. The molecule has 1 aliphatic heterocycles. The van der Waals surface area contributed by atoms with Crippen LogP contribution in [0.1, 0.15) is 18.1 Å². The van der Waals surface area contributed by atoms with E-state index in [4.69, 9.17) is 14.2 Å². The summed E-state index contributed by atoms with van der Waals surface area (Å²) in [6.45, 7) is 1.28. The second-order valence-corrected chi connectivity index (χ2v) is 8.68. The summed E-state index contributed by atoms with van der Waals surface area (Å²) in [5.41, 5.74) is 1.96. The molecule has 1 heterocycles. The van der Waals surface area contributed by atoms with E-state index < -0.39 is 16.0 Å². The first kappa shape index (κ1) is 22.4. The Morgan fingerprint density at radius 1 is 1.13 bits per heavy atom. The molecule has 1 aliphatic rings. The van der Waals surface area contributed by atoms with Crippen molar-refractivity contribution in [3.63, 3.8) is 0 Å². The van der Waals surface area contributed by atoms with Crippen molar-refractivity contribution in [2.45, 2.75) is 18.2 Å². The van der Waals surface area contributed by atoms with E-state index in [-0.39, 0.29) is 28.8 Å². The standard InChI is InChI=1S/C22H23NO7S/c1-15(24)14-30-21(25)9-8-16-12-19(28-2)22(29-3)20(13-16)31(26,27)23-11-10-17-6-4-5-7-18(17)23/h4-9,12-13H,10-11,14H2,1-3H3. The third-order valence-corrected chi connectivity index (χ3v) is 6.53. The molecular weight excluding hydrogens is 422 g/mol. The highest BCUT2D eigenvalue weighted by molar-refractivity contribution is 7.93. The first-order valence-electron chi connectivity index (χ1n) is 9.49. The van der Waals surface area contributed by atoms with Crippen LogP contribution in [0.4, 0.5) is 5.69 Å². The summed E-state index contributed by atoms with van der Waals surface area (Å²) in [6.07, 6.45) is 3.11. The number of hydrogen-bond donors (Lipinski definition) is 0. The minimum Gasteiger partial charge on any atom is -0.493 e. The van der Waals surface area contributed by atoms with Crippen LogP contribution in [0, 0.1) is 0 Å². The molecular formula is C22H23NO7S. The monoisotopic (exact) mass is 445 g/mol. The van der Waals surface area contributed by atoms with Crippen molar-refractivity contribution in [3.8, 4) is 11.5 Å². The predicted octanol–water partition coefficient (Wildman–Crippen LogP) is 2.60. The topological polar surface area (TPSA) is 99.2 Å². The number of rotatable bonds is 8. The van der Waals surface area contributed by atoms with Crippen LogP contribution in [0.15, 0.2) is 47.4 Å². The van der Waals surface area contributed by atoms with Gasteiger partial charge in [0.2, 0.25) is 0 Å². The van der Waals surface area contributed by atoms with E-state index in [1.54, 1.807) is 18.2 Å². The number of Topliss-reactive ketones (excluding diaryl/α,β-unsaturated/α-hetero) is 1. The number of benzene rings is 2. The summed E-state index contributed by atoms with van der Waals surface area (Å²) in [5.74, 6) is -0.731. The maximum Gasteiger partial charge on any atom is 0.331 e. The Labute approximate surface area is 181 Å². The molecule has 0 spiro atoms. The molecule has 0 saturated heterocycles. The van der Waals surface area contributed by atoms with Crippen molar-refractivity contribution < 1.29 is 32.2 Å². The van der Waals surface area contributed by atoms with E-state index in [9.17, 15) is 18.0 Å². The molecule has 0 radical (unpaired) electrons. The fraction of sp³-hybridized carbons (Fsp3) is 0.273. The number of para-hydroxylation sites is 1. The van der Waals surface area contributed by atoms with Gasteiger partial charge < -0.3 is 14.2 Å². The highest BCUT2D eigenvalue weighted by Gasteiger charge is 2.34. The SMILES string of the molecule is COc1cc(C=CC(=O)OCC(C)=O)cc(S(=O)(=O)N2CCc3ccccc32)c1OC. The summed E-state index contributed by atoms with van der Waals surface area (Å²) >= 11 is 0. The molecule has 0 bridgehead atoms. The van der Waals surface area contributed by atoms with Gasteiger partial charge in [-0.3, -0.25) is 9.10 Å². The van der Waals surface area contributed by atoms with Crippen LogP contribution in [0.3, 0.4) is 0 Å². The number of ketones is 1. The van der Waals surface area contributed by atoms with Gasteiger partial charge in [0.15, 0.2) is 17.3 Å². The quantitative estimate of drug-likeness (QED) is 0.455. The van der Waals surface area contributed by atoms with E-state index >= 15 is 0 Å². The molecule has 2 aromatic carbocycles. The third-order valence-electron chi connectivity index (χ3n) is 4.71. The van der Waals surface area contributed by atoms with E-state index in [2.05, 4.69) is 0 Å². The molecule has 0 N–H and O–H groups in total.